The minimum absolute atomic E-state index is 0.0400. The fraction of sp³-hybridized carbons (Fsp3) is 0.0480. The molecule has 0 unspecified atom stereocenters. The van der Waals surface area contributed by atoms with E-state index in [-0.39, 0.29) is 45.7 Å². The molecular formula is C125H83F6N9. The van der Waals surface area contributed by atoms with Gasteiger partial charge in [-0.25, -0.2) is 71.2 Å². The number of hydrogen-bond acceptors (Lipinski definition) is 9. The van der Waals surface area contributed by atoms with Crippen molar-refractivity contribution in [2.24, 2.45) is 0 Å². The van der Waals surface area contributed by atoms with Crippen LogP contribution in [-0.2, 0) is 10.8 Å². The highest BCUT2D eigenvalue weighted by molar-refractivity contribution is 6.14. The first-order valence-corrected chi connectivity index (χ1v) is 46.1. The first-order valence-electron chi connectivity index (χ1n) is 46.1. The normalized spacial score (nSPS) is 12.3. The lowest BCUT2D eigenvalue weighted by Gasteiger charge is -2.22. The van der Waals surface area contributed by atoms with Crippen LogP contribution in [0.1, 0.15) is 49.9 Å². The summed E-state index contributed by atoms with van der Waals surface area (Å²) in [5.41, 5.74) is 30.5. The molecule has 0 saturated heterocycles. The van der Waals surface area contributed by atoms with Gasteiger partial charge in [0, 0.05) is 60.9 Å². The largest absolute Gasteiger partial charge is 0.208 e. The minimum atomic E-state index is -0.342. The maximum Gasteiger partial charge on any atom is 0.164 e. The SMILES string of the molecule is CC1(C)c2cc(-c3ccccc3)ccc2-c2ccc(-c3ccc(-c4nc(-c5ccc(F)cc5)nc(-c5ccc(F)cc5)n4)cc3)cc21.CC1(C)c2ccccc2-c2ccc(-c3ccc(-c4ccc(-c5nc(-c6ccc(F)cc6)nc(-c6ccc(F)cc6)n5)cc4)cc3)cc21.Fc1ccc(-c2nc(-c3ccc(F)cc3)nc(-c3ccc(-c4ccc(-c5cc6ccccc6c6ccccc56)cc4)cc3)n2)cc1. The highest BCUT2D eigenvalue weighted by Crippen LogP contribution is 2.53. The third-order valence-corrected chi connectivity index (χ3v) is 26.5. The van der Waals surface area contributed by atoms with E-state index in [2.05, 4.69) is 285 Å². The summed E-state index contributed by atoms with van der Waals surface area (Å²) in [6, 6.07) is 137. The number of benzene rings is 19. The van der Waals surface area contributed by atoms with E-state index in [0.29, 0.717) is 85.8 Å². The summed E-state index contributed by atoms with van der Waals surface area (Å²) in [5, 5.41) is 4.96. The van der Waals surface area contributed by atoms with E-state index >= 15 is 0 Å². The molecule has 19 aromatic carbocycles. The molecule has 670 valence electrons. The van der Waals surface area contributed by atoms with Crippen molar-refractivity contribution in [3.05, 3.63) is 488 Å². The van der Waals surface area contributed by atoms with Crippen LogP contribution in [0.5, 0.6) is 0 Å². The molecule has 0 N–H and O–H groups in total. The number of nitrogens with zero attached hydrogens (tertiary/aromatic N) is 9. The Morgan fingerprint density at radius 1 is 0.143 bits per heavy atom. The van der Waals surface area contributed by atoms with E-state index < -0.39 is 0 Å². The van der Waals surface area contributed by atoms with Crippen molar-refractivity contribution >= 4 is 21.5 Å². The predicted molar refractivity (Wildman–Crippen MR) is 551 cm³/mol. The smallest absolute Gasteiger partial charge is 0.164 e. The summed E-state index contributed by atoms with van der Waals surface area (Å²) in [5.74, 6) is 1.84. The zero-order valence-electron chi connectivity index (χ0n) is 76.3. The molecule has 3 aromatic heterocycles. The summed E-state index contributed by atoms with van der Waals surface area (Å²) < 4.78 is 82.0. The van der Waals surface area contributed by atoms with E-state index in [1.54, 1.807) is 72.8 Å². The van der Waals surface area contributed by atoms with Crippen LogP contribution in [0.25, 0.3) is 213 Å². The molecule has 0 atom stereocenters. The van der Waals surface area contributed by atoms with Crippen molar-refractivity contribution in [2.75, 3.05) is 0 Å². The first-order chi connectivity index (χ1) is 68.2. The average molecular weight is 1830 g/mol. The molecule has 140 heavy (non-hydrogen) atoms. The molecule has 3 heterocycles. The molecule has 22 aromatic rings. The second-order valence-electron chi connectivity index (χ2n) is 36.0. The van der Waals surface area contributed by atoms with Gasteiger partial charge in [-0.1, -0.05) is 289 Å². The molecular weight excluding hydrogens is 1740 g/mol. The van der Waals surface area contributed by atoms with Crippen LogP contribution >= 0.6 is 0 Å². The Kier molecular flexibility index (Phi) is 23.1. The Morgan fingerprint density at radius 3 is 0.643 bits per heavy atom. The van der Waals surface area contributed by atoms with Crippen molar-refractivity contribution in [3.63, 3.8) is 0 Å². The molecule has 15 heteroatoms. The summed E-state index contributed by atoms with van der Waals surface area (Å²) >= 11 is 0. The van der Waals surface area contributed by atoms with Crippen LogP contribution in [-0.4, -0.2) is 44.9 Å². The van der Waals surface area contributed by atoms with Crippen molar-refractivity contribution in [1.29, 1.82) is 0 Å². The van der Waals surface area contributed by atoms with E-state index in [1.807, 2.05) is 42.5 Å². The standard InChI is InChI=1S/2C42H29F2N3.C41H25F2N3/c1-42(2)37-6-4-3-5-35(37)36-24-19-32(25-38(36)42)28-9-7-26(8-10-28)27-11-13-29(14-12-27)39-45-40(30-15-20-33(43)21-16-30)47-41(46-39)31-17-22-34(44)23-18-31;1-42(2)37-24-31(26-6-4-3-5-7-26)16-22-35(37)36-23-17-32(25-38(36)42)27-8-10-28(11-9-27)39-45-40(29-12-18-33(43)19-13-29)47-41(46-39)30-14-20-34(44)21-15-30;42-33-21-17-30(18-22-33)40-44-39(45-41(46-40)31-19-23-34(43)24-20-31)29-15-11-27(12-16-29)26-9-13-28(14-10-26)38-25-32-5-1-2-6-35(32)36-7-3-4-8-37(36)38/h2*3-25H,1-2H3;1-25H. The highest BCUT2D eigenvalue weighted by Gasteiger charge is 2.38. The molecule has 0 radical (unpaired) electrons. The van der Waals surface area contributed by atoms with Gasteiger partial charge >= 0.3 is 0 Å². The Bertz CT molecular complexity index is 8250. The third-order valence-electron chi connectivity index (χ3n) is 26.5. The molecule has 9 nitrogen and oxygen atoms in total. The van der Waals surface area contributed by atoms with Crippen molar-refractivity contribution in [1.82, 2.24) is 44.9 Å². The summed E-state index contributed by atoms with van der Waals surface area (Å²) in [6.07, 6.45) is 0. The average Bonchev–Trinajstić information content (AvgIpc) is 1.58. The number of halogens is 6. The Labute approximate surface area is 805 Å². The zero-order valence-corrected chi connectivity index (χ0v) is 76.3. The summed E-state index contributed by atoms with van der Waals surface area (Å²) in [6.45, 7) is 9.21. The van der Waals surface area contributed by atoms with E-state index in [4.69, 9.17) is 29.9 Å². The van der Waals surface area contributed by atoms with Gasteiger partial charge in [0.25, 0.3) is 0 Å². The van der Waals surface area contributed by atoms with Gasteiger partial charge in [0.1, 0.15) is 34.9 Å². The van der Waals surface area contributed by atoms with Crippen molar-refractivity contribution in [2.45, 2.75) is 38.5 Å². The Morgan fingerprint density at radius 2 is 0.343 bits per heavy atom. The van der Waals surface area contributed by atoms with Gasteiger partial charge in [-0.15, -0.1) is 0 Å². The molecule has 2 aliphatic rings. The fourth-order valence-electron chi connectivity index (χ4n) is 18.9. The quantitative estimate of drug-likeness (QED) is 0.0731. The van der Waals surface area contributed by atoms with Crippen molar-refractivity contribution in [3.8, 4) is 192 Å². The topological polar surface area (TPSA) is 116 Å². The lowest BCUT2D eigenvalue weighted by molar-refractivity contribution is 0.627. The zero-order chi connectivity index (χ0) is 95.3. The lowest BCUT2D eigenvalue weighted by Crippen LogP contribution is -2.15. The minimum Gasteiger partial charge on any atom is -0.208 e. The fourth-order valence-corrected chi connectivity index (χ4v) is 18.9. The van der Waals surface area contributed by atoms with Gasteiger partial charge in [-0.05, 0) is 303 Å². The summed E-state index contributed by atoms with van der Waals surface area (Å²) in [4.78, 5) is 42.3. The van der Waals surface area contributed by atoms with Gasteiger partial charge in [0.15, 0.2) is 52.4 Å². The van der Waals surface area contributed by atoms with Crippen LogP contribution in [0.4, 0.5) is 26.3 Å². The van der Waals surface area contributed by atoms with Gasteiger partial charge < -0.3 is 0 Å². The number of aromatic nitrogens is 9. The second-order valence-corrected chi connectivity index (χ2v) is 36.0. The van der Waals surface area contributed by atoms with Crippen molar-refractivity contribution < 1.29 is 26.3 Å². The number of rotatable bonds is 15. The van der Waals surface area contributed by atoms with Gasteiger partial charge in [0.2, 0.25) is 0 Å². The second kappa shape index (κ2) is 36.8. The molecule has 0 bridgehead atoms. The third kappa shape index (κ3) is 17.6. The molecule has 24 rings (SSSR count). The monoisotopic (exact) mass is 1820 g/mol. The lowest BCUT2D eigenvalue weighted by atomic mass is 9.81. The van der Waals surface area contributed by atoms with Crippen LogP contribution in [0.3, 0.4) is 0 Å². The highest BCUT2D eigenvalue weighted by atomic mass is 19.1. The van der Waals surface area contributed by atoms with Crippen LogP contribution in [0.2, 0.25) is 0 Å². The van der Waals surface area contributed by atoms with E-state index in [0.717, 1.165) is 55.6 Å². The van der Waals surface area contributed by atoms with E-state index in [1.165, 1.54) is 167 Å². The van der Waals surface area contributed by atoms with Gasteiger partial charge in [-0.3, -0.25) is 0 Å². The number of hydrogen-bond donors (Lipinski definition) is 0. The molecule has 0 amide bonds. The number of fused-ring (bicyclic) bond motifs is 9. The molecule has 0 saturated carbocycles. The Hall–Kier alpha value is -17.7. The van der Waals surface area contributed by atoms with E-state index in [9.17, 15) is 26.3 Å². The predicted octanol–water partition coefficient (Wildman–Crippen LogP) is 32.4. The van der Waals surface area contributed by atoms with Gasteiger partial charge in [-0.2, -0.15) is 0 Å². The first kappa shape index (κ1) is 87.6. The maximum absolute atomic E-state index is 13.7. The molecule has 0 spiro atoms. The molecule has 2 aliphatic carbocycles. The van der Waals surface area contributed by atoms with Crippen LogP contribution in [0.15, 0.2) is 431 Å². The Balaban J connectivity index is 0.000000121. The maximum atomic E-state index is 13.7. The molecule has 0 fully saturated rings. The van der Waals surface area contributed by atoms with Gasteiger partial charge in [0.05, 0.1) is 0 Å². The molecule has 0 aliphatic heterocycles. The van der Waals surface area contributed by atoms with Crippen LogP contribution in [0, 0.1) is 34.9 Å². The summed E-state index contributed by atoms with van der Waals surface area (Å²) in [7, 11) is 0. The van der Waals surface area contributed by atoms with Crippen LogP contribution < -0.4 is 0 Å².